The fraction of sp³-hybridized carbons (Fsp3) is 0.417. The zero-order chi connectivity index (χ0) is 12.3. The van der Waals surface area contributed by atoms with E-state index in [2.05, 4.69) is 17.2 Å². The molecule has 0 aromatic heterocycles. The lowest BCUT2D eigenvalue weighted by molar-refractivity contribution is 0.410. The fourth-order valence-electron chi connectivity index (χ4n) is 1.62. The summed E-state index contributed by atoms with van der Waals surface area (Å²) >= 11 is 7.89. The van der Waals surface area contributed by atoms with Gasteiger partial charge in [0.1, 0.15) is 5.75 Å². The van der Waals surface area contributed by atoms with Crippen LogP contribution in [0.3, 0.4) is 0 Å². The van der Waals surface area contributed by atoms with Gasteiger partial charge in [0.2, 0.25) is 0 Å². The molecule has 1 fully saturated rings. The normalized spacial score (nSPS) is 21.6. The summed E-state index contributed by atoms with van der Waals surface area (Å²) in [7, 11) is 1.65. The van der Waals surface area contributed by atoms with Gasteiger partial charge < -0.3 is 10.1 Å². The van der Waals surface area contributed by atoms with Gasteiger partial charge in [0.25, 0.3) is 0 Å². The molecule has 1 aromatic rings. The maximum Gasteiger partial charge on any atom is 0.157 e. The summed E-state index contributed by atoms with van der Waals surface area (Å²) in [5.74, 6) is 1.86. The largest absolute Gasteiger partial charge is 0.496 e. The first-order chi connectivity index (χ1) is 8.20. The third-order valence-electron chi connectivity index (χ3n) is 2.52. The van der Waals surface area contributed by atoms with Crippen LogP contribution in [-0.4, -0.2) is 24.1 Å². The van der Waals surface area contributed by atoms with E-state index in [0.717, 1.165) is 22.2 Å². The molecule has 1 saturated heterocycles. The summed E-state index contributed by atoms with van der Waals surface area (Å²) in [6, 6.07) is 6.13. The van der Waals surface area contributed by atoms with Gasteiger partial charge in [0.05, 0.1) is 13.7 Å². The topological polar surface area (TPSA) is 33.6 Å². The molecule has 92 valence electrons. The molecule has 0 radical (unpaired) electrons. The molecular formula is C12H15ClN2OS. The summed E-state index contributed by atoms with van der Waals surface area (Å²) in [6.45, 7) is 2.69. The van der Waals surface area contributed by atoms with E-state index in [1.165, 1.54) is 0 Å². The minimum atomic E-state index is 0.492. The van der Waals surface area contributed by atoms with E-state index >= 15 is 0 Å². The smallest absolute Gasteiger partial charge is 0.157 e. The monoisotopic (exact) mass is 270 g/mol. The van der Waals surface area contributed by atoms with Gasteiger partial charge in [0.15, 0.2) is 5.17 Å². The van der Waals surface area contributed by atoms with Crippen LogP contribution in [0.15, 0.2) is 23.2 Å². The number of benzene rings is 1. The first-order valence-electron chi connectivity index (χ1n) is 5.46. The molecule has 2 rings (SSSR count). The Bertz CT molecular complexity index is 437. The molecule has 3 nitrogen and oxygen atoms in total. The van der Waals surface area contributed by atoms with Crippen LogP contribution >= 0.6 is 23.4 Å². The van der Waals surface area contributed by atoms with Crippen molar-refractivity contribution in [3.05, 3.63) is 28.8 Å². The van der Waals surface area contributed by atoms with Crippen molar-refractivity contribution in [2.75, 3.05) is 12.9 Å². The molecule has 5 heteroatoms. The minimum absolute atomic E-state index is 0.492. The Labute approximate surface area is 111 Å². The van der Waals surface area contributed by atoms with Gasteiger partial charge in [-0.05, 0) is 19.1 Å². The molecular weight excluding hydrogens is 256 g/mol. The van der Waals surface area contributed by atoms with Gasteiger partial charge in [-0.3, -0.25) is 4.99 Å². The van der Waals surface area contributed by atoms with Crippen LogP contribution in [0.5, 0.6) is 5.75 Å². The molecule has 1 aliphatic rings. The van der Waals surface area contributed by atoms with Crippen molar-refractivity contribution < 1.29 is 4.74 Å². The number of methoxy groups -OCH3 is 1. The third kappa shape index (κ3) is 3.07. The molecule has 1 heterocycles. The number of thioether (sulfide) groups is 1. The van der Waals surface area contributed by atoms with E-state index in [4.69, 9.17) is 16.3 Å². The summed E-state index contributed by atoms with van der Waals surface area (Å²) in [5.41, 5.74) is 0.936. The number of amidine groups is 1. The van der Waals surface area contributed by atoms with Crippen LogP contribution in [0.1, 0.15) is 12.5 Å². The summed E-state index contributed by atoms with van der Waals surface area (Å²) in [4.78, 5) is 4.52. The number of hydrogen-bond donors (Lipinski definition) is 1. The van der Waals surface area contributed by atoms with Gasteiger partial charge >= 0.3 is 0 Å². The number of rotatable bonds is 3. The van der Waals surface area contributed by atoms with Crippen LogP contribution in [0, 0.1) is 0 Å². The number of halogens is 1. The van der Waals surface area contributed by atoms with Crippen LogP contribution in [0.4, 0.5) is 0 Å². The van der Waals surface area contributed by atoms with Crippen LogP contribution in [-0.2, 0) is 6.54 Å². The van der Waals surface area contributed by atoms with Crippen molar-refractivity contribution in [2.45, 2.75) is 19.5 Å². The van der Waals surface area contributed by atoms with Crippen molar-refractivity contribution in [1.29, 1.82) is 0 Å². The molecule has 1 unspecified atom stereocenters. The van der Waals surface area contributed by atoms with Crippen LogP contribution in [0.25, 0.3) is 0 Å². The zero-order valence-electron chi connectivity index (χ0n) is 9.87. The molecule has 0 bridgehead atoms. The van der Waals surface area contributed by atoms with E-state index in [0.29, 0.717) is 17.6 Å². The maximum absolute atomic E-state index is 6.15. The number of aliphatic imine (C=N–C) groups is 1. The van der Waals surface area contributed by atoms with Crippen LogP contribution in [0.2, 0.25) is 5.02 Å². The SMILES string of the molecule is COc1cccc(Cl)c1CN=C1NC(C)CS1. The average molecular weight is 271 g/mol. The highest BCUT2D eigenvalue weighted by molar-refractivity contribution is 8.14. The second kappa shape index (κ2) is 5.65. The van der Waals surface area contributed by atoms with Gasteiger partial charge in [-0.15, -0.1) is 0 Å². The van der Waals surface area contributed by atoms with Crippen molar-refractivity contribution >= 4 is 28.5 Å². The molecule has 1 aromatic carbocycles. The van der Waals surface area contributed by atoms with E-state index in [1.807, 2.05) is 18.2 Å². The predicted octanol–water partition coefficient (Wildman–Crippen LogP) is 2.93. The lowest BCUT2D eigenvalue weighted by atomic mass is 10.2. The molecule has 0 saturated carbocycles. The number of hydrogen-bond acceptors (Lipinski definition) is 3. The highest BCUT2D eigenvalue weighted by atomic mass is 35.5. The van der Waals surface area contributed by atoms with Gasteiger partial charge in [0, 0.05) is 22.4 Å². The zero-order valence-corrected chi connectivity index (χ0v) is 11.4. The standard InChI is InChI=1S/C12H15ClN2OS/c1-8-7-17-12(15-8)14-6-9-10(13)4-3-5-11(9)16-2/h3-5,8H,6-7H2,1-2H3,(H,14,15). The quantitative estimate of drug-likeness (QED) is 0.917. The molecule has 0 spiro atoms. The Hall–Kier alpha value is -0.870. The Morgan fingerprint density at radius 3 is 3.06 bits per heavy atom. The summed E-state index contributed by atoms with van der Waals surface area (Å²) in [5, 5.41) is 4.99. The predicted molar refractivity (Wildman–Crippen MR) is 74.2 cm³/mol. The highest BCUT2D eigenvalue weighted by Gasteiger charge is 2.15. The third-order valence-corrected chi connectivity index (χ3v) is 4.06. The summed E-state index contributed by atoms with van der Waals surface area (Å²) < 4.78 is 5.28. The average Bonchev–Trinajstić information content (AvgIpc) is 2.73. The lowest BCUT2D eigenvalue weighted by Crippen LogP contribution is -2.23. The molecule has 0 aliphatic carbocycles. The second-order valence-electron chi connectivity index (χ2n) is 3.90. The number of nitrogens with zero attached hydrogens (tertiary/aromatic N) is 1. The fourth-order valence-corrected chi connectivity index (χ4v) is 2.78. The van der Waals surface area contributed by atoms with Crippen molar-refractivity contribution in [2.24, 2.45) is 4.99 Å². The first-order valence-corrected chi connectivity index (χ1v) is 6.82. The molecule has 17 heavy (non-hydrogen) atoms. The van der Waals surface area contributed by atoms with E-state index in [1.54, 1.807) is 18.9 Å². The Kier molecular flexibility index (Phi) is 4.18. The molecule has 1 atom stereocenters. The number of nitrogens with one attached hydrogen (secondary N) is 1. The Balaban J connectivity index is 2.13. The first kappa shape index (κ1) is 12.6. The van der Waals surface area contributed by atoms with E-state index in [9.17, 15) is 0 Å². The lowest BCUT2D eigenvalue weighted by Gasteiger charge is -2.08. The summed E-state index contributed by atoms with van der Waals surface area (Å²) in [6.07, 6.45) is 0. The highest BCUT2D eigenvalue weighted by Crippen LogP contribution is 2.27. The molecule has 1 aliphatic heterocycles. The van der Waals surface area contributed by atoms with Crippen molar-refractivity contribution in [1.82, 2.24) is 5.32 Å². The van der Waals surface area contributed by atoms with E-state index < -0.39 is 0 Å². The number of ether oxygens (including phenoxy) is 1. The van der Waals surface area contributed by atoms with E-state index in [-0.39, 0.29) is 0 Å². The van der Waals surface area contributed by atoms with Gasteiger partial charge in [-0.1, -0.05) is 29.4 Å². The second-order valence-corrected chi connectivity index (χ2v) is 5.31. The van der Waals surface area contributed by atoms with Gasteiger partial charge in [-0.25, -0.2) is 0 Å². The molecule has 1 N–H and O–H groups in total. The van der Waals surface area contributed by atoms with Crippen molar-refractivity contribution in [3.8, 4) is 5.75 Å². The Morgan fingerprint density at radius 1 is 1.59 bits per heavy atom. The maximum atomic E-state index is 6.15. The molecule has 0 amide bonds. The Morgan fingerprint density at radius 2 is 2.41 bits per heavy atom. The van der Waals surface area contributed by atoms with Crippen LogP contribution < -0.4 is 10.1 Å². The minimum Gasteiger partial charge on any atom is -0.496 e. The van der Waals surface area contributed by atoms with Gasteiger partial charge in [-0.2, -0.15) is 0 Å². The van der Waals surface area contributed by atoms with Crippen molar-refractivity contribution in [3.63, 3.8) is 0 Å².